The average molecular weight is 313 g/mol. The molecule has 0 saturated heterocycles. The Hall–Kier alpha value is -2.70. The summed E-state index contributed by atoms with van der Waals surface area (Å²) in [4.78, 5) is 28.5. The van der Waals surface area contributed by atoms with Gasteiger partial charge in [0.1, 0.15) is 5.82 Å². The maximum Gasteiger partial charge on any atom is 0.232 e. The van der Waals surface area contributed by atoms with Crippen molar-refractivity contribution in [1.29, 1.82) is 0 Å². The normalized spacial score (nSPS) is 16.6. The van der Waals surface area contributed by atoms with Crippen LogP contribution in [0.2, 0.25) is 0 Å². The van der Waals surface area contributed by atoms with E-state index < -0.39 is 5.92 Å². The van der Waals surface area contributed by atoms with Gasteiger partial charge in [0.05, 0.1) is 12.5 Å². The Labute approximate surface area is 134 Å². The summed E-state index contributed by atoms with van der Waals surface area (Å²) in [5.74, 6) is 0.232. The highest BCUT2D eigenvalue weighted by molar-refractivity contribution is 5.98. The second kappa shape index (κ2) is 6.20. The molecular weight excluding hydrogens is 294 g/mol. The molecule has 1 aliphatic heterocycles. The summed E-state index contributed by atoms with van der Waals surface area (Å²) in [6.45, 7) is 4.17. The number of fused-ring (bicyclic) bond motifs is 1. The summed E-state index contributed by atoms with van der Waals surface area (Å²) in [7, 11) is 0. The number of rotatable bonds is 4. The van der Waals surface area contributed by atoms with Crippen LogP contribution in [0.4, 0.5) is 11.6 Å². The van der Waals surface area contributed by atoms with E-state index in [1.54, 1.807) is 11.6 Å². The summed E-state index contributed by atoms with van der Waals surface area (Å²) < 4.78 is 1.63. The Balaban J connectivity index is 1.67. The van der Waals surface area contributed by atoms with Crippen LogP contribution in [0.3, 0.4) is 0 Å². The zero-order valence-electron chi connectivity index (χ0n) is 13.2. The first-order valence-corrected chi connectivity index (χ1v) is 7.67. The lowest BCUT2D eigenvalue weighted by molar-refractivity contribution is -0.126. The van der Waals surface area contributed by atoms with E-state index >= 15 is 0 Å². The van der Waals surface area contributed by atoms with Gasteiger partial charge < -0.3 is 5.32 Å². The number of amides is 2. The van der Waals surface area contributed by atoms with E-state index in [1.165, 1.54) is 0 Å². The Morgan fingerprint density at radius 3 is 3.00 bits per heavy atom. The average Bonchev–Trinajstić information content (AvgIpc) is 2.87. The number of hydrogen-bond donors (Lipinski definition) is 2. The van der Waals surface area contributed by atoms with Crippen LogP contribution >= 0.6 is 0 Å². The number of aromatic nitrogens is 3. The SMILES string of the molecule is CCc1ccccc1NC(=O)CC1Cn2nc(C)nc2NC1=O. The van der Waals surface area contributed by atoms with E-state index in [2.05, 4.69) is 20.7 Å². The standard InChI is InChI=1S/C16H19N5O2/c1-3-11-6-4-5-7-13(11)18-14(22)8-12-9-21-16(19-15(12)23)17-10(2)20-21/h4-7,12H,3,8-9H2,1-2H3,(H,18,22)(H,17,19,20,23). The van der Waals surface area contributed by atoms with E-state index in [9.17, 15) is 9.59 Å². The van der Waals surface area contributed by atoms with Gasteiger partial charge >= 0.3 is 0 Å². The summed E-state index contributed by atoms with van der Waals surface area (Å²) in [5.41, 5.74) is 1.87. The fourth-order valence-corrected chi connectivity index (χ4v) is 2.71. The van der Waals surface area contributed by atoms with Crippen molar-refractivity contribution >= 4 is 23.5 Å². The maximum absolute atomic E-state index is 12.3. The highest BCUT2D eigenvalue weighted by Gasteiger charge is 2.30. The number of hydrogen-bond acceptors (Lipinski definition) is 4. The fraction of sp³-hybridized carbons (Fsp3) is 0.375. The van der Waals surface area contributed by atoms with Gasteiger partial charge in [-0.3, -0.25) is 14.9 Å². The van der Waals surface area contributed by atoms with Crippen LogP contribution in [0, 0.1) is 12.8 Å². The van der Waals surface area contributed by atoms with Gasteiger partial charge in [-0.1, -0.05) is 25.1 Å². The smallest absolute Gasteiger partial charge is 0.232 e. The minimum atomic E-state index is -0.447. The molecule has 2 heterocycles. The molecule has 1 aliphatic rings. The molecule has 0 radical (unpaired) electrons. The van der Waals surface area contributed by atoms with Crippen molar-refractivity contribution < 1.29 is 9.59 Å². The molecule has 120 valence electrons. The largest absolute Gasteiger partial charge is 0.326 e. The molecule has 2 aromatic rings. The van der Waals surface area contributed by atoms with Crippen molar-refractivity contribution in [3.63, 3.8) is 0 Å². The van der Waals surface area contributed by atoms with Gasteiger partial charge in [-0.15, -0.1) is 0 Å². The number of nitrogens with one attached hydrogen (secondary N) is 2. The summed E-state index contributed by atoms with van der Waals surface area (Å²) in [6, 6.07) is 7.67. The summed E-state index contributed by atoms with van der Waals surface area (Å²) >= 11 is 0. The van der Waals surface area contributed by atoms with Crippen LogP contribution in [0.15, 0.2) is 24.3 Å². The van der Waals surface area contributed by atoms with E-state index in [0.29, 0.717) is 18.3 Å². The van der Waals surface area contributed by atoms with E-state index in [-0.39, 0.29) is 18.2 Å². The number of anilines is 2. The second-order valence-electron chi connectivity index (χ2n) is 5.61. The summed E-state index contributed by atoms with van der Waals surface area (Å²) in [5, 5.41) is 9.80. The third-order valence-electron chi connectivity index (χ3n) is 3.88. The van der Waals surface area contributed by atoms with E-state index in [0.717, 1.165) is 17.7 Å². The van der Waals surface area contributed by atoms with Gasteiger partial charge in [0.25, 0.3) is 0 Å². The number of carbonyl (C=O) groups is 2. The van der Waals surface area contributed by atoms with Crippen molar-refractivity contribution in [1.82, 2.24) is 14.8 Å². The second-order valence-corrected chi connectivity index (χ2v) is 5.61. The zero-order valence-corrected chi connectivity index (χ0v) is 13.2. The predicted molar refractivity (Wildman–Crippen MR) is 85.9 cm³/mol. The molecular formula is C16H19N5O2. The third-order valence-corrected chi connectivity index (χ3v) is 3.88. The topological polar surface area (TPSA) is 88.9 Å². The van der Waals surface area contributed by atoms with Crippen molar-refractivity contribution in [2.75, 3.05) is 10.6 Å². The lowest BCUT2D eigenvalue weighted by Crippen LogP contribution is -2.36. The molecule has 2 N–H and O–H groups in total. The van der Waals surface area contributed by atoms with Crippen molar-refractivity contribution in [2.45, 2.75) is 33.2 Å². The molecule has 1 atom stereocenters. The Morgan fingerprint density at radius 1 is 1.43 bits per heavy atom. The van der Waals surface area contributed by atoms with Crippen LogP contribution in [-0.4, -0.2) is 26.6 Å². The van der Waals surface area contributed by atoms with Gasteiger partial charge in [-0.05, 0) is 25.0 Å². The molecule has 1 aromatic carbocycles. The Kier molecular flexibility index (Phi) is 4.10. The molecule has 1 aromatic heterocycles. The number of benzene rings is 1. The van der Waals surface area contributed by atoms with Gasteiger partial charge in [0.2, 0.25) is 17.8 Å². The minimum absolute atomic E-state index is 0.113. The van der Waals surface area contributed by atoms with E-state index in [4.69, 9.17) is 0 Å². The first-order valence-electron chi connectivity index (χ1n) is 7.67. The van der Waals surface area contributed by atoms with Crippen molar-refractivity contribution in [2.24, 2.45) is 5.92 Å². The molecule has 2 amide bonds. The first kappa shape index (κ1) is 15.2. The lowest BCUT2D eigenvalue weighted by Gasteiger charge is -2.22. The van der Waals surface area contributed by atoms with Crippen molar-refractivity contribution in [3.8, 4) is 0 Å². The van der Waals surface area contributed by atoms with Gasteiger partial charge in [0.15, 0.2) is 0 Å². The summed E-state index contributed by atoms with van der Waals surface area (Å²) in [6.07, 6.45) is 0.949. The zero-order chi connectivity index (χ0) is 16.4. The number of aryl methyl sites for hydroxylation is 2. The monoisotopic (exact) mass is 313 g/mol. The molecule has 0 bridgehead atoms. The Morgan fingerprint density at radius 2 is 2.22 bits per heavy atom. The highest BCUT2D eigenvalue weighted by atomic mass is 16.2. The van der Waals surface area contributed by atoms with Crippen LogP contribution < -0.4 is 10.6 Å². The van der Waals surface area contributed by atoms with Gasteiger partial charge in [-0.25, -0.2) is 4.68 Å². The molecule has 0 aliphatic carbocycles. The maximum atomic E-state index is 12.3. The lowest BCUT2D eigenvalue weighted by atomic mass is 10.0. The van der Waals surface area contributed by atoms with Crippen LogP contribution in [-0.2, 0) is 22.6 Å². The van der Waals surface area contributed by atoms with Crippen molar-refractivity contribution in [3.05, 3.63) is 35.7 Å². The quantitative estimate of drug-likeness (QED) is 0.900. The number of nitrogens with zero attached hydrogens (tertiary/aromatic N) is 3. The van der Waals surface area contributed by atoms with Gasteiger partial charge in [-0.2, -0.15) is 10.1 Å². The number of para-hydroxylation sites is 1. The Bertz CT molecular complexity index is 753. The van der Waals surface area contributed by atoms with Crippen LogP contribution in [0.25, 0.3) is 0 Å². The minimum Gasteiger partial charge on any atom is -0.326 e. The molecule has 1 unspecified atom stereocenters. The van der Waals surface area contributed by atoms with Gasteiger partial charge in [0, 0.05) is 12.1 Å². The van der Waals surface area contributed by atoms with Crippen LogP contribution in [0.1, 0.15) is 24.7 Å². The first-order chi connectivity index (χ1) is 11.1. The molecule has 23 heavy (non-hydrogen) atoms. The molecule has 0 saturated carbocycles. The molecule has 3 rings (SSSR count). The molecule has 0 fully saturated rings. The van der Waals surface area contributed by atoms with Crippen LogP contribution in [0.5, 0.6) is 0 Å². The molecule has 7 heteroatoms. The molecule has 0 spiro atoms. The molecule has 7 nitrogen and oxygen atoms in total. The fourth-order valence-electron chi connectivity index (χ4n) is 2.71. The number of carbonyl (C=O) groups excluding carboxylic acids is 2. The van der Waals surface area contributed by atoms with E-state index in [1.807, 2.05) is 31.2 Å². The predicted octanol–water partition coefficient (Wildman–Crippen LogP) is 1.75. The highest BCUT2D eigenvalue weighted by Crippen LogP contribution is 2.21. The third kappa shape index (κ3) is 3.23.